The first-order chi connectivity index (χ1) is 14.6. The third-order valence-electron chi connectivity index (χ3n) is 5.52. The van der Waals surface area contributed by atoms with Crippen LogP contribution in [0.15, 0.2) is 66.0 Å². The van der Waals surface area contributed by atoms with E-state index in [-0.39, 0.29) is 17.8 Å². The van der Waals surface area contributed by atoms with Crippen LogP contribution >= 0.6 is 11.3 Å². The van der Waals surface area contributed by atoms with Crippen molar-refractivity contribution in [1.29, 1.82) is 0 Å². The Morgan fingerprint density at radius 2 is 1.90 bits per heavy atom. The monoisotopic (exact) mass is 424 g/mol. The number of hydrogen-bond acceptors (Lipinski definition) is 4. The lowest BCUT2D eigenvalue weighted by Crippen LogP contribution is -2.47. The van der Waals surface area contributed by atoms with Crippen molar-refractivity contribution >= 4 is 22.9 Å². The number of carbonyl (C=O) groups is 1. The SMILES string of the molecule is COc1cccc(N(C(=O)c2cccs2)C2CCN(Cc3ccc(F)cc3)CC2)c1. The number of thiophene rings is 1. The number of benzene rings is 2. The van der Waals surface area contributed by atoms with Crippen molar-refractivity contribution in [2.45, 2.75) is 25.4 Å². The van der Waals surface area contributed by atoms with Crippen LogP contribution in [0.5, 0.6) is 5.75 Å². The third kappa shape index (κ3) is 4.71. The molecule has 0 spiro atoms. The maximum atomic E-state index is 13.4. The van der Waals surface area contributed by atoms with E-state index in [1.54, 1.807) is 7.11 Å². The zero-order valence-corrected chi connectivity index (χ0v) is 17.8. The smallest absolute Gasteiger partial charge is 0.268 e. The Kier molecular flexibility index (Phi) is 6.45. The molecule has 0 atom stereocenters. The third-order valence-corrected chi connectivity index (χ3v) is 6.38. The van der Waals surface area contributed by atoms with Gasteiger partial charge in [0.2, 0.25) is 0 Å². The summed E-state index contributed by atoms with van der Waals surface area (Å²) in [4.78, 5) is 18.4. The van der Waals surface area contributed by atoms with Crippen LogP contribution in [0.25, 0.3) is 0 Å². The van der Waals surface area contributed by atoms with Crippen molar-refractivity contribution in [3.05, 3.63) is 82.3 Å². The highest BCUT2D eigenvalue weighted by atomic mass is 32.1. The number of hydrogen-bond donors (Lipinski definition) is 0. The number of likely N-dealkylation sites (tertiary alicyclic amines) is 1. The lowest BCUT2D eigenvalue weighted by Gasteiger charge is -2.38. The Labute approximate surface area is 180 Å². The first-order valence-electron chi connectivity index (χ1n) is 10.1. The van der Waals surface area contributed by atoms with Crippen LogP contribution in [0.2, 0.25) is 0 Å². The van der Waals surface area contributed by atoms with Crippen LogP contribution in [-0.2, 0) is 6.54 Å². The van der Waals surface area contributed by atoms with Crippen molar-refractivity contribution in [2.24, 2.45) is 0 Å². The number of piperidine rings is 1. The van der Waals surface area contributed by atoms with E-state index in [0.29, 0.717) is 0 Å². The van der Waals surface area contributed by atoms with Gasteiger partial charge in [-0.05, 0) is 54.1 Å². The van der Waals surface area contributed by atoms with E-state index < -0.39 is 0 Å². The summed E-state index contributed by atoms with van der Waals surface area (Å²) >= 11 is 1.47. The van der Waals surface area contributed by atoms with E-state index in [9.17, 15) is 9.18 Å². The summed E-state index contributed by atoms with van der Waals surface area (Å²) < 4.78 is 18.5. The Morgan fingerprint density at radius 1 is 1.13 bits per heavy atom. The second-order valence-electron chi connectivity index (χ2n) is 7.49. The van der Waals surface area contributed by atoms with Gasteiger partial charge in [0.1, 0.15) is 11.6 Å². The molecule has 0 aliphatic carbocycles. The predicted octanol–water partition coefficient (Wildman–Crippen LogP) is 5.21. The molecule has 0 saturated carbocycles. The maximum Gasteiger partial charge on any atom is 0.268 e. The number of anilines is 1. The van der Waals surface area contributed by atoms with E-state index in [4.69, 9.17) is 4.74 Å². The van der Waals surface area contributed by atoms with Crippen LogP contribution in [0.1, 0.15) is 28.1 Å². The summed E-state index contributed by atoms with van der Waals surface area (Å²) in [6.45, 7) is 2.57. The molecule has 1 aromatic heterocycles. The minimum atomic E-state index is -0.210. The molecule has 0 radical (unpaired) electrons. The average molecular weight is 425 g/mol. The highest BCUT2D eigenvalue weighted by Gasteiger charge is 2.30. The van der Waals surface area contributed by atoms with E-state index in [0.717, 1.165) is 54.4 Å². The first-order valence-corrected chi connectivity index (χ1v) is 11.0. The quantitative estimate of drug-likeness (QED) is 0.545. The fourth-order valence-corrected chi connectivity index (χ4v) is 4.62. The number of amides is 1. The first kappa shape index (κ1) is 20.6. The standard InChI is InChI=1S/C24H25FN2O2S/c1-29-22-5-2-4-21(16-22)27(24(28)23-6-3-15-30-23)20-11-13-26(14-12-20)17-18-7-9-19(25)10-8-18/h2-10,15-16,20H,11-14,17H2,1H3. The average Bonchev–Trinajstić information content (AvgIpc) is 3.32. The number of methoxy groups -OCH3 is 1. The second kappa shape index (κ2) is 9.41. The van der Waals surface area contributed by atoms with Crippen LogP contribution < -0.4 is 9.64 Å². The van der Waals surface area contributed by atoms with Gasteiger partial charge in [-0.25, -0.2) is 4.39 Å². The van der Waals surface area contributed by atoms with E-state index in [1.807, 2.05) is 58.8 Å². The van der Waals surface area contributed by atoms with Crippen molar-refractivity contribution in [3.63, 3.8) is 0 Å². The van der Waals surface area contributed by atoms with Crippen LogP contribution in [0, 0.1) is 5.82 Å². The molecule has 6 heteroatoms. The molecule has 1 fully saturated rings. The molecule has 1 saturated heterocycles. The topological polar surface area (TPSA) is 32.8 Å². The predicted molar refractivity (Wildman–Crippen MR) is 119 cm³/mol. The fraction of sp³-hybridized carbons (Fsp3) is 0.292. The molecule has 156 valence electrons. The zero-order chi connectivity index (χ0) is 20.9. The van der Waals surface area contributed by atoms with Gasteiger partial charge in [0.25, 0.3) is 5.91 Å². The van der Waals surface area contributed by atoms with Crippen molar-refractivity contribution in [3.8, 4) is 5.75 Å². The molecule has 0 N–H and O–H groups in total. The molecule has 2 aromatic carbocycles. The minimum absolute atomic E-state index is 0.0373. The summed E-state index contributed by atoms with van der Waals surface area (Å²) in [5.41, 5.74) is 1.97. The van der Waals surface area contributed by atoms with Crippen LogP contribution in [0.4, 0.5) is 10.1 Å². The molecule has 0 unspecified atom stereocenters. The van der Waals surface area contributed by atoms with E-state index >= 15 is 0 Å². The normalized spacial score (nSPS) is 15.1. The molecular weight excluding hydrogens is 399 g/mol. The van der Waals surface area contributed by atoms with Gasteiger partial charge < -0.3 is 9.64 Å². The van der Waals surface area contributed by atoms with Gasteiger partial charge in [0, 0.05) is 37.4 Å². The van der Waals surface area contributed by atoms with E-state index in [1.165, 1.54) is 23.5 Å². The van der Waals surface area contributed by atoms with E-state index in [2.05, 4.69) is 4.90 Å². The molecule has 1 amide bonds. The molecule has 1 aliphatic rings. The van der Waals surface area contributed by atoms with Gasteiger partial charge in [0.15, 0.2) is 0 Å². The summed E-state index contributed by atoms with van der Waals surface area (Å²) in [5.74, 6) is 0.568. The molecule has 4 nitrogen and oxygen atoms in total. The highest BCUT2D eigenvalue weighted by Crippen LogP contribution is 2.30. The number of halogens is 1. The van der Waals surface area contributed by atoms with Crippen molar-refractivity contribution in [2.75, 3.05) is 25.1 Å². The summed E-state index contributed by atoms with van der Waals surface area (Å²) in [6.07, 6.45) is 1.77. The molecule has 3 aromatic rings. The molecular formula is C24H25FN2O2S. The second-order valence-corrected chi connectivity index (χ2v) is 8.44. The summed E-state index contributed by atoms with van der Waals surface area (Å²) in [7, 11) is 1.64. The van der Waals surface area contributed by atoms with Gasteiger partial charge in [-0.15, -0.1) is 11.3 Å². The van der Waals surface area contributed by atoms with Crippen LogP contribution in [0.3, 0.4) is 0 Å². The maximum absolute atomic E-state index is 13.4. The van der Waals surface area contributed by atoms with Gasteiger partial charge in [-0.3, -0.25) is 9.69 Å². The Bertz CT molecular complexity index is 967. The van der Waals surface area contributed by atoms with Gasteiger partial charge in [-0.2, -0.15) is 0 Å². The van der Waals surface area contributed by atoms with Gasteiger partial charge in [0.05, 0.1) is 12.0 Å². The summed E-state index contributed by atoms with van der Waals surface area (Å²) in [5, 5.41) is 1.93. The van der Waals surface area contributed by atoms with Crippen molar-refractivity contribution < 1.29 is 13.9 Å². The largest absolute Gasteiger partial charge is 0.497 e. The Hall–Kier alpha value is -2.70. The number of carbonyl (C=O) groups excluding carboxylic acids is 1. The fourth-order valence-electron chi connectivity index (χ4n) is 3.96. The van der Waals surface area contributed by atoms with Crippen molar-refractivity contribution in [1.82, 2.24) is 4.90 Å². The zero-order valence-electron chi connectivity index (χ0n) is 17.0. The molecule has 30 heavy (non-hydrogen) atoms. The molecule has 2 heterocycles. The summed E-state index contributed by atoms with van der Waals surface area (Å²) in [6, 6.07) is 18.3. The lowest BCUT2D eigenvalue weighted by molar-refractivity contribution is 0.0962. The highest BCUT2D eigenvalue weighted by molar-refractivity contribution is 7.12. The minimum Gasteiger partial charge on any atom is -0.497 e. The molecule has 4 rings (SSSR count). The molecule has 0 bridgehead atoms. The van der Waals surface area contributed by atoms with Gasteiger partial charge in [-0.1, -0.05) is 24.3 Å². The van der Waals surface area contributed by atoms with Gasteiger partial charge >= 0.3 is 0 Å². The number of ether oxygens (including phenoxy) is 1. The lowest BCUT2D eigenvalue weighted by atomic mass is 10.0. The Morgan fingerprint density at radius 3 is 2.57 bits per heavy atom. The Balaban J connectivity index is 1.50. The number of nitrogens with zero attached hydrogens (tertiary/aromatic N) is 2. The number of rotatable bonds is 6. The molecule has 1 aliphatic heterocycles. The van der Waals surface area contributed by atoms with Crippen LogP contribution in [-0.4, -0.2) is 37.0 Å².